The third-order valence-electron chi connectivity index (χ3n) is 1.89. The molecule has 1 atom stereocenters. The van der Waals surface area contributed by atoms with Gasteiger partial charge in [0.1, 0.15) is 5.76 Å². The first-order valence-corrected chi connectivity index (χ1v) is 4.57. The van der Waals surface area contributed by atoms with Crippen LogP contribution in [0.1, 0.15) is 32.4 Å². The van der Waals surface area contributed by atoms with Crippen molar-refractivity contribution in [2.24, 2.45) is 0 Å². The minimum atomic E-state index is -0.222. The maximum Gasteiger partial charge on any atom is 0.126 e. The lowest BCUT2D eigenvalue weighted by Crippen LogP contribution is -1.98. The Morgan fingerprint density at radius 3 is 3.00 bits per heavy atom. The minimum Gasteiger partial charge on any atom is -0.465 e. The van der Waals surface area contributed by atoms with E-state index in [1.165, 1.54) is 5.57 Å². The Bertz CT molecular complexity index is 258. The smallest absolute Gasteiger partial charge is 0.126 e. The van der Waals surface area contributed by atoms with Gasteiger partial charge in [0.2, 0.25) is 0 Å². The Kier molecular flexibility index (Phi) is 3.77. The first kappa shape index (κ1) is 10.1. The molecule has 0 aliphatic heterocycles. The molecule has 0 unspecified atom stereocenters. The number of furan rings is 1. The summed E-state index contributed by atoms with van der Waals surface area (Å²) in [6.45, 7) is 3.85. The van der Waals surface area contributed by atoms with E-state index in [1.54, 1.807) is 13.2 Å². The molecule has 0 spiro atoms. The van der Waals surface area contributed by atoms with Gasteiger partial charge in [-0.25, -0.2) is 0 Å². The predicted molar refractivity (Wildman–Crippen MR) is 53.3 cm³/mol. The van der Waals surface area contributed by atoms with E-state index >= 15 is 0 Å². The molecule has 1 rings (SSSR count). The number of hydrogen-bond acceptors (Lipinski definition) is 2. The standard InChI is InChI=1S/C11H16O2/c1-9(5-6-10(2)12)8-11-4-3-7-13-11/h3-4,7-8,10,12H,5-6H2,1-2H3/b9-8+/t10-/m0/s1. The van der Waals surface area contributed by atoms with Crippen molar-refractivity contribution in [3.63, 3.8) is 0 Å². The van der Waals surface area contributed by atoms with Gasteiger partial charge in [0.05, 0.1) is 12.4 Å². The molecule has 0 bridgehead atoms. The van der Waals surface area contributed by atoms with Crippen LogP contribution in [0.4, 0.5) is 0 Å². The van der Waals surface area contributed by atoms with E-state index in [2.05, 4.69) is 0 Å². The highest BCUT2D eigenvalue weighted by atomic mass is 16.3. The molecule has 0 amide bonds. The summed E-state index contributed by atoms with van der Waals surface area (Å²) < 4.78 is 5.17. The molecule has 0 radical (unpaired) electrons. The summed E-state index contributed by atoms with van der Waals surface area (Å²) in [5.41, 5.74) is 1.23. The van der Waals surface area contributed by atoms with Crippen LogP contribution in [0, 0.1) is 0 Å². The van der Waals surface area contributed by atoms with Gasteiger partial charge in [0.25, 0.3) is 0 Å². The molecule has 0 fully saturated rings. The fourth-order valence-corrected chi connectivity index (χ4v) is 1.12. The second-order valence-corrected chi connectivity index (χ2v) is 3.39. The van der Waals surface area contributed by atoms with E-state index in [-0.39, 0.29) is 6.10 Å². The average molecular weight is 180 g/mol. The van der Waals surface area contributed by atoms with Gasteiger partial charge in [-0.15, -0.1) is 0 Å². The first-order valence-electron chi connectivity index (χ1n) is 4.57. The molecule has 2 heteroatoms. The third-order valence-corrected chi connectivity index (χ3v) is 1.89. The van der Waals surface area contributed by atoms with Gasteiger partial charge in [-0.3, -0.25) is 0 Å². The maximum atomic E-state index is 9.08. The van der Waals surface area contributed by atoms with Crippen molar-refractivity contribution in [3.8, 4) is 0 Å². The van der Waals surface area contributed by atoms with E-state index in [4.69, 9.17) is 9.52 Å². The zero-order valence-electron chi connectivity index (χ0n) is 8.16. The van der Waals surface area contributed by atoms with Crippen LogP contribution in [0.15, 0.2) is 28.4 Å². The molecule has 1 N–H and O–H groups in total. The molecule has 0 aromatic carbocycles. The van der Waals surface area contributed by atoms with Gasteiger partial charge >= 0.3 is 0 Å². The summed E-state index contributed by atoms with van der Waals surface area (Å²) in [5, 5.41) is 9.08. The van der Waals surface area contributed by atoms with Gasteiger partial charge in [-0.2, -0.15) is 0 Å². The second kappa shape index (κ2) is 4.87. The van der Waals surface area contributed by atoms with E-state index in [1.807, 2.05) is 25.1 Å². The van der Waals surface area contributed by atoms with Gasteiger partial charge in [-0.1, -0.05) is 5.57 Å². The summed E-state index contributed by atoms with van der Waals surface area (Å²) in [6.07, 6.45) is 5.16. The van der Waals surface area contributed by atoms with Crippen LogP contribution in [0.25, 0.3) is 6.08 Å². The number of aliphatic hydroxyl groups is 1. The van der Waals surface area contributed by atoms with Crippen molar-refractivity contribution < 1.29 is 9.52 Å². The Morgan fingerprint density at radius 2 is 2.46 bits per heavy atom. The lowest BCUT2D eigenvalue weighted by atomic mass is 10.1. The zero-order chi connectivity index (χ0) is 9.68. The number of allylic oxidation sites excluding steroid dienone is 1. The van der Waals surface area contributed by atoms with Crippen molar-refractivity contribution in [3.05, 3.63) is 29.7 Å². The Morgan fingerprint density at radius 1 is 1.69 bits per heavy atom. The fraction of sp³-hybridized carbons (Fsp3) is 0.455. The molecule has 72 valence electrons. The normalized spacial score (nSPS) is 14.5. The highest BCUT2D eigenvalue weighted by Crippen LogP contribution is 2.12. The van der Waals surface area contributed by atoms with Crippen molar-refractivity contribution in [1.82, 2.24) is 0 Å². The fourth-order valence-electron chi connectivity index (χ4n) is 1.12. The Balaban J connectivity index is 2.43. The van der Waals surface area contributed by atoms with Crippen molar-refractivity contribution in [1.29, 1.82) is 0 Å². The number of hydrogen-bond donors (Lipinski definition) is 1. The van der Waals surface area contributed by atoms with Crippen LogP contribution in [-0.4, -0.2) is 11.2 Å². The molecule has 1 aromatic rings. The van der Waals surface area contributed by atoms with Gasteiger partial charge in [0.15, 0.2) is 0 Å². The van der Waals surface area contributed by atoms with Gasteiger partial charge in [-0.05, 0) is 44.9 Å². The molecule has 1 heterocycles. The van der Waals surface area contributed by atoms with Crippen LogP contribution in [0.2, 0.25) is 0 Å². The molecular formula is C11H16O2. The summed E-state index contributed by atoms with van der Waals surface area (Å²) in [6, 6.07) is 3.79. The second-order valence-electron chi connectivity index (χ2n) is 3.39. The summed E-state index contributed by atoms with van der Waals surface area (Å²) in [7, 11) is 0. The Hall–Kier alpha value is -1.02. The van der Waals surface area contributed by atoms with Crippen LogP contribution in [-0.2, 0) is 0 Å². The van der Waals surface area contributed by atoms with Crippen molar-refractivity contribution in [2.45, 2.75) is 32.8 Å². The SMILES string of the molecule is C/C(=C\c1ccco1)CC[C@H](C)O. The molecular weight excluding hydrogens is 164 g/mol. The summed E-state index contributed by atoms with van der Waals surface area (Å²) in [4.78, 5) is 0. The number of rotatable bonds is 4. The monoisotopic (exact) mass is 180 g/mol. The van der Waals surface area contributed by atoms with Crippen LogP contribution >= 0.6 is 0 Å². The van der Waals surface area contributed by atoms with Crippen LogP contribution < -0.4 is 0 Å². The van der Waals surface area contributed by atoms with E-state index in [9.17, 15) is 0 Å². The quantitative estimate of drug-likeness (QED) is 0.772. The average Bonchev–Trinajstić information content (AvgIpc) is 2.53. The zero-order valence-corrected chi connectivity index (χ0v) is 8.16. The largest absolute Gasteiger partial charge is 0.465 e. The van der Waals surface area contributed by atoms with Crippen LogP contribution in [0.5, 0.6) is 0 Å². The topological polar surface area (TPSA) is 33.4 Å². The lowest BCUT2D eigenvalue weighted by molar-refractivity contribution is 0.185. The predicted octanol–water partition coefficient (Wildman–Crippen LogP) is 2.84. The summed E-state index contributed by atoms with van der Waals surface area (Å²) in [5.74, 6) is 0.878. The Labute approximate surface area is 78.9 Å². The molecule has 0 aliphatic carbocycles. The van der Waals surface area contributed by atoms with Crippen molar-refractivity contribution in [2.75, 3.05) is 0 Å². The first-order chi connectivity index (χ1) is 6.18. The summed E-state index contributed by atoms with van der Waals surface area (Å²) >= 11 is 0. The highest BCUT2D eigenvalue weighted by molar-refractivity contribution is 5.46. The van der Waals surface area contributed by atoms with E-state index in [0.29, 0.717) is 0 Å². The van der Waals surface area contributed by atoms with Crippen LogP contribution in [0.3, 0.4) is 0 Å². The molecule has 0 saturated carbocycles. The van der Waals surface area contributed by atoms with E-state index < -0.39 is 0 Å². The molecule has 2 nitrogen and oxygen atoms in total. The van der Waals surface area contributed by atoms with Crippen molar-refractivity contribution >= 4 is 6.08 Å². The van der Waals surface area contributed by atoms with E-state index in [0.717, 1.165) is 18.6 Å². The van der Waals surface area contributed by atoms with Gasteiger partial charge < -0.3 is 9.52 Å². The minimum absolute atomic E-state index is 0.222. The number of aliphatic hydroxyl groups excluding tert-OH is 1. The molecule has 0 aliphatic rings. The lowest BCUT2D eigenvalue weighted by Gasteiger charge is -2.03. The molecule has 0 saturated heterocycles. The van der Waals surface area contributed by atoms with Gasteiger partial charge in [0, 0.05) is 0 Å². The third kappa shape index (κ3) is 3.95. The molecule has 13 heavy (non-hydrogen) atoms. The highest BCUT2D eigenvalue weighted by Gasteiger charge is 1.97. The maximum absolute atomic E-state index is 9.08. The molecule has 1 aromatic heterocycles.